The minimum atomic E-state index is -0.351. The minimum absolute atomic E-state index is 0.205. The third kappa shape index (κ3) is 3.36. The highest BCUT2D eigenvalue weighted by Gasteiger charge is 2.24. The van der Waals surface area contributed by atoms with Crippen molar-refractivity contribution in [2.24, 2.45) is 0 Å². The maximum absolute atomic E-state index is 12.8. The lowest BCUT2D eigenvalue weighted by molar-refractivity contribution is -1.01. The lowest BCUT2D eigenvalue weighted by Crippen LogP contribution is -3.26. The summed E-state index contributed by atoms with van der Waals surface area (Å²) in [4.78, 5) is 15.7. The molecule has 5 heteroatoms. The van der Waals surface area contributed by atoms with Crippen LogP contribution in [0.15, 0.2) is 51.7 Å². The second-order valence-electron chi connectivity index (χ2n) is 7.58. The Morgan fingerprint density at radius 3 is 2.44 bits per heavy atom. The van der Waals surface area contributed by atoms with Gasteiger partial charge in [-0.3, -0.25) is 0 Å². The summed E-state index contributed by atoms with van der Waals surface area (Å²) in [5.74, 6) is 0.205. The van der Waals surface area contributed by atoms with Gasteiger partial charge >= 0.3 is 5.63 Å². The molecule has 1 fully saturated rings. The van der Waals surface area contributed by atoms with Crippen molar-refractivity contribution in [2.75, 3.05) is 33.2 Å². The van der Waals surface area contributed by atoms with Crippen molar-refractivity contribution in [3.63, 3.8) is 0 Å². The number of piperazine rings is 1. The Kier molecular flexibility index (Phi) is 4.72. The molecule has 0 bridgehead atoms. The number of likely N-dealkylation sites (N-methyl/N-ethyl adjacent to an activating group) is 1. The second-order valence-corrected chi connectivity index (χ2v) is 7.58. The summed E-state index contributed by atoms with van der Waals surface area (Å²) < 4.78 is 5.77. The van der Waals surface area contributed by atoms with Crippen LogP contribution >= 0.6 is 0 Å². The number of quaternary nitrogens is 2. The van der Waals surface area contributed by atoms with Gasteiger partial charge in [0.05, 0.1) is 18.2 Å². The molecule has 3 N–H and O–H groups in total. The summed E-state index contributed by atoms with van der Waals surface area (Å²) in [6, 6.07) is 13.2. The molecule has 1 aromatic heterocycles. The fourth-order valence-electron chi connectivity index (χ4n) is 4.03. The smallest absolute Gasteiger partial charge is 0.344 e. The van der Waals surface area contributed by atoms with Gasteiger partial charge in [0.15, 0.2) is 5.58 Å². The van der Waals surface area contributed by atoms with Gasteiger partial charge in [0, 0.05) is 5.39 Å². The van der Waals surface area contributed by atoms with Crippen LogP contribution in [0, 0.1) is 6.92 Å². The van der Waals surface area contributed by atoms with Gasteiger partial charge in [-0.2, -0.15) is 0 Å². The molecule has 5 nitrogen and oxygen atoms in total. The van der Waals surface area contributed by atoms with Crippen molar-refractivity contribution in [3.05, 3.63) is 64.0 Å². The molecule has 3 aromatic rings. The zero-order valence-corrected chi connectivity index (χ0v) is 15.8. The molecule has 0 aliphatic carbocycles. The molecule has 1 aliphatic rings. The number of hydrogen-bond donors (Lipinski definition) is 3. The molecule has 0 amide bonds. The average molecular weight is 366 g/mol. The van der Waals surface area contributed by atoms with Crippen LogP contribution in [0.2, 0.25) is 0 Å². The lowest BCUT2D eigenvalue weighted by atomic mass is 9.98. The summed E-state index contributed by atoms with van der Waals surface area (Å²) in [5, 5.41) is 11.4. The Labute approximate surface area is 158 Å². The molecule has 1 aliphatic heterocycles. The van der Waals surface area contributed by atoms with Crippen molar-refractivity contribution in [3.8, 4) is 16.9 Å². The average Bonchev–Trinajstić information content (AvgIpc) is 2.67. The van der Waals surface area contributed by atoms with E-state index < -0.39 is 0 Å². The molecule has 0 atom stereocenters. The first-order valence-corrected chi connectivity index (χ1v) is 9.53. The zero-order chi connectivity index (χ0) is 19.0. The van der Waals surface area contributed by atoms with E-state index in [-0.39, 0.29) is 11.4 Å². The molecule has 0 unspecified atom stereocenters. The molecule has 0 saturated carbocycles. The second kappa shape index (κ2) is 7.18. The molecule has 2 heterocycles. The van der Waals surface area contributed by atoms with Crippen molar-refractivity contribution < 1.29 is 19.3 Å². The molecular formula is C22H26N2O3+2. The highest BCUT2D eigenvalue weighted by Crippen LogP contribution is 2.31. The molecule has 2 aromatic carbocycles. The normalized spacial score (nSPS) is 20.1. The summed E-state index contributed by atoms with van der Waals surface area (Å²) in [5.41, 5.74) is 3.25. The van der Waals surface area contributed by atoms with Gasteiger partial charge in [-0.05, 0) is 30.2 Å². The Balaban J connectivity index is 1.82. The first kappa shape index (κ1) is 17.8. The van der Waals surface area contributed by atoms with E-state index in [0.717, 1.165) is 48.3 Å². The minimum Gasteiger partial charge on any atom is -0.507 e. The van der Waals surface area contributed by atoms with Crippen LogP contribution in [-0.4, -0.2) is 38.3 Å². The van der Waals surface area contributed by atoms with Crippen molar-refractivity contribution in [1.82, 2.24) is 0 Å². The fraction of sp³-hybridized carbons (Fsp3) is 0.318. The first-order valence-electron chi connectivity index (χ1n) is 9.53. The van der Waals surface area contributed by atoms with E-state index in [0.29, 0.717) is 17.7 Å². The van der Waals surface area contributed by atoms with Gasteiger partial charge in [0.25, 0.3) is 0 Å². The van der Waals surface area contributed by atoms with E-state index in [4.69, 9.17) is 4.42 Å². The number of benzene rings is 2. The van der Waals surface area contributed by atoms with Crippen LogP contribution in [0.4, 0.5) is 0 Å². The van der Waals surface area contributed by atoms with Crippen LogP contribution in [0.3, 0.4) is 0 Å². The van der Waals surface area contributed by atoms with Crippen molar-refractivity contribution in [1.29, 1.82) is 0 Å². The predicted molar refractivity (Wildman–Crippen MR) is 105 cm³/mol. The van der Waals surface area contributed by atoms with Crippen molar-refractivity contribution >= 4 is 11.0 Å². The summed E-state index contributed by atoms with van der Waals surface area (Å²) in [6.07, 6.45) is 0. The van der Waals surface area contributed by atoms with Crippen LogP contribution < -0.4 is 15.4 Å². The number of phenolic OH excluding ortho intramolecular Hbond substituents is 1. The number of fused-ring (bicyclic) bond motifs is 1. The van der Waals surface area contributed by atoms with Gasteiger partial charge in [-0.1, -0.05) is 30.3 Å². The number of nitrogens with one attached hydrogen (secondary N) is 2. The summed E-state index contributed by atoms with van der Waals surface area (Å²) in [6.45, 7) is 6.95. The maximum Gasteiger partial charge on any atom is 0.344 e. The Bertz CT molecular complexity index is 1020. The van der Waals surface area contributed by atoms with Gasteiger partial charge in [0.1, 0.15) is 38.5 Å². The van der Waals surface area contributed by atoms with E-state index in [2.05, 4.69) is 7.05 Å². The number of aryl methyl sites for hydroxylation is 1. The van der Waals surface area contributed by atoms with Gasteiger partial charge < -0.3 is 19.3 Å². The molecule has 1 saturated heterocycles. The lowest BCUT2D eigenvalue weighted by Gasteiger charge is -2.27. The monoisotopic (exact) mass is 366 g/mol. The number of aromatic hydroxyl groups is 1. The number of phenols is 1. The first-order chi connectivity index (χ1) is 13.0. The van der Waals surface area contributed by atoms with Gasteiger partial charge in [-0.15, -0.1) is 0 Å². The zero-order valence-electron chi connectivity index (χ0n) is 15.8. The highest BCUT2D eigenvalue weighted by atomic mass is 16.4. The molecule has 0 radical (unpaired) electrons. The van der Waals surface area contributed by atoms with Crippen molar-refractivity contribution in [2.45, 2.75) is 13.5 Å². The standard InChI is InChI=1S/C22H24N2O3/c1-15-17-8-9-19(25)18(14-24-12-10-23(2)11-13-24)21(17)27-22(26)20(15)16-6-4-3-5-7-16/h3-9,25H,10-14H2,1-2H3/p+2. The van der Waals surface area contributed by atoms with Crippen LogP contribution in [0.1, 0.15) is 11.1 Å². The van der Waals surface area contributed by atoms with Gasteiger partial charge in [-0.25, -0.2) is 4.79 Å². The van der Waals surface area contributed by atoms with E-state index in [1.54, 1.807) is 6.07 Å². The third-order valence-corrected chi connectivity index (χ3v) is 5.71. The highest BCUT2D eigenvalue weighted by molar-refractivity contribution is 5.89. The number of rotatable bonds is 3. The Morgan fingerprint density at radius 1 is 1.04 bits per heavy atom. The van der Waals surface area contributed by atoms with E-state index in [1.807, 2.05) is 43.3 Å². The predicted octanol–water partition coefficient (Wildman–Crippen LogP) is 0.387. The molecule has 4 rings (SSSR count). The number of hydrogen-bond acceptors (Lipinski definition) is 3. The maximum atomic E-state index is 12.8. The van der Waals surface area contributed by atoms with Crippen LogP contribution in [-0.2, 0) is 6.54 Å². The van der Waals surface area contributed by atoms with Crippen LogP contribution in [0.25, 0.3) is 22.1 Å². The largest absolute Gasteiger partial charge is 0.507 e. The fourth-order valence-corrected chi connectivity index (χ4v) is 4.03. The van der Waals surface area contributed by atoms with E-state index in [9.17, 15) is 9.90 Å². The van der Waals surface area contributed by atoms with Gasteiger partial charge in [0.2, 0.25) is 0 Å². The third-order valence-electron chi connectivity index (χ3n) is 5.71. The molecule has 27 heavy (non-hydrogen) atoms. The molecular weight excluding hydrogens is 340 g/mol. The SMILES string of the molecule is Cc1c(-c2ccccc2)c(=O)oc2c(C[NH+]3CC[NH+](C)CC3)c(O)ccc12. The van der Waals surface area contributed by atoms with E-state index >= 15 is 0 Å². The summed E-state index contributed by atoms with van der Waals surface area (Å²) in [7, 11) is 2.21. The Morgan fingerprint density at radius 2 is 1.74 bits per heavy atom. The summed E-state index contributed by atoms with van der Waals surface area (Å²) >= 11 is 0. The molecule has 140 valence electrons. The molecule has 0 spiro atoms. The quantitative estimate of drug-likeness (QED) is 0.588. The topological polar surface area (TPSA) is 59.3 Å². The Hall–Kier alpha value is -2.63. The van der Waals surface area contributed by atoms with E-state index in [1.165, 1.54) is 9.80 Å². The van der Waals surface area contributed by atoms with Crippen LogP contribution in [0.5, 0.6) is 5.75 Å².